The fraction of sp³-hybridized carbons (Fsp3) is 0.875. The van der Waals surface area contributed by atoms with Crippen LogP contribution >= 0.6 is 11.8 Å². The van der Waals surface area contributed by atoms with Crippen LogP contribution in [0.2, 0.25) is 0 Å². The van der Waals surface area contributed by atoms with Crippen molar-refractivity contribution in [1.29, 1.82) is 0 Å². The summed E-state index contributed by atoms with van der Waals surface area (Å²) in [4.78, 5) is 15.9. The van der Waals surface area contributed by atoms with Crippen LogP contribution in [-0.4, -0.2) is 35.2 Å². The second-order valence-electron chi connectivity index (χ2n) is 7.37. The van der Waals surface area contributed by atoms with Gasteiger partial charge in [-0.2, -0.15) is 0 Å². The standard InChI is InChI=1S/C16H23NO3S/c1-10(18)19-8-14-9-21-15(20-14)17-16-5-11-2-12(6-16)4-13(3-11)7-16/h11-14H,2-9H2,1H3/t11?,12?,13?,14-,16?/m0/s1. The largest absolute Gasteiger partial charge is 0.465 e. The average Bonchev–Trinajstić information content (AvgIpc) is 2.81. The summed E-state index contributed by atoms with van der Waals surface area (Å²) >= 11 is 1.69. The van der Waals surface area contributed by atoms with Gasteiger partial charge in [-0.1, -0.05) is 11.8 Å². The molecule has 4 nitrogen and oxygen atoms in total. The highest BCUT2D eigenvalue weighted by atomic mass is 32.2. The summed E-state index contributed by atoms with van der Waals surface area (Å²) in [7, 11) is 0. The molecule has 4 bridgehead atoms. The van der Waals surface area contributed by atoms with Gasteiger partial charge in [-0.3, -0.25) is 4.79 Å². The van der Waals surface area contributed by atoms with Crippen LogP contribution in [0, 0.1) is 17.8 Å². The van der Waals surface area contributed by atoms with Crippen molar-refractivity contribution in [1.82, 2.24) is 0 Å². The number of aliphatic imine (C=N–C) groups is 1. The molecule has 5 aliphatic rings. The maximum Gasteiger partial charge on any atom is 0.302 e. The molecule has 1 atom stereocenters. The molecule has 0 spiro atoms. The Morgan fingerprint density at radius 2 is 1.90 bits per heavy atom. The van der Waals surface area contributed by atoms with Crippen LogP contribution in [0.25, 0.3) is 0 Å². The first-order valence-electron chi connectivity index (χ1n) is 8.13. The Bertz CT molecular complexity index is 441. The first-order valence-corrected chi connectivity index (χ1v) is 9.11. The van der Waals surface area contributed by atoms with Crippen molar-refractivity contribution in [3.8, 4) is 0 Å². The van der Waals surface area contributed by atoms with E-state index in [-0.39, 0.29) is 17.6 Å². The monoisotopic (exact) mass is 309 g/mol. The number of hydrogen-bond donors (Lipinski definition) is 0. The smallest absolute Gasteiger partial charge is 0.302 e. The van der Waals surface area contributed by atoms with Crippen LogP contribution in [0.3, 0.4) is 0 Å². The van der Waals surface area contributed by atoms with Crippen molar-refractivity contribution >= 4 is 23.0 Å². The van der Waals surface area contributed by atoms with Crippen LogP contribution in [0.1, 0.15) is 45.4 Å². The predicted octanol–water partition coefficient (Wildman–Crippen LogP) is 3.01. The molecule has 0 N–H and O–H groups in total. The molecule has 0 aromatic rings. The molecule has 116 valence electrons. The minimum atomic E-state index is -0.241. The molecule has 0 aromatic heterocycles. The van der Waals surface area contributed by atoms with Crippen molar-refractivity contribution in [3.05, 3.63) is 0 Å². The van der Waals surface area contributed by atoms with Crippen molar-refractivity contribution in [3.63, 3.8) is 0 Å². The highest BCUT2D eigenvalue weighted by Crippen LogP contribution is 2.57. The van der Waals surface area contributed by atoms with Gasteiger partial charge in [-0.15, -0.1) is 0 Å². The van der Waals surface area contributed by atoms with E-state index in [4.69, 9.17) is 14.5 Å². The lowest BCUT2D eigenvalue weighted by molar-refractivity contribution is -0.143. The summed E-state index contributed by atoms with van der Waals surface area (Å²) in [6, 6.07) is 0. The van der Waals surface area contributed by atoms with Crippen LogP contribution in [0.4, 0.5) is 0 Å². The van der Waals surface area contributed by atoms with E-state index >= 15 is 0 Å². The number of hydrogen-bond acceptors (Lipinski definition) is 5. The SMILES string of the molecule is CC(=O)OC[C@H]1CSC(=NC23CC4CC(CC(C4)C2)C3)O1. The Morgan fingerprint density at radius 3 is 2.48 bits per heavy atom. The van der Waals surface area contributed by atoms with Crippen LogP contribution in [-0.2, 0) is 14.3 Å². The van der Waals surface area contributed by atoms with E-state index in [2.05, 4.69) is 0 Å². The average molecular weight is 309 g/mol. The number of carbonyl (C=O) groups is 1. The Hall–Kier alpha value is -0.710. The highest BCUT2D eigenvalue weighted by molar-refractivity contribution is 8.13. The molecule has 4 saturated carbocycles. The van der Waals surface area contributed by atoms with E-state index in [1.807, 2.05) is 0 Å². The molecule has 0 aromatic carbocycles. The highest BCUT2D eigenvalue weighted by Gasteiger charge is 2.51. The van der Waals surface area contributed by atoms with Crippen molar-refractivity contribution in [2.45, 2.75) is 57.1 Å². The van der Waals surface area contributed by atoms with Gasteiger partial charge in [0.15, 0.2) is 0 Å². The van der Waals surface area contributed by atoms with Gasteiger partial charge in [-0.25, -0.2) is 4.99 Å². The van der Waals surface area contributed by atoms with Gasteiger partial charge in [0.1, 0.15) is 12.7 Å². The zero-order valence-corrected chi connectivity index (χ0v) is 13.4. The molecule has 4 aliphatic carbocycles. The van der Waals surface area contributed by atoms with E-state index in [1.165, 1.54) is 45.4 Å². The lowest BCUT2D eigenvalue weighted by atomic mass is 9.53. The molecule has 1 heterocycles. The minimum absolute atomic E-state index is 0.0217. The second kappa shape index (κ2) is 5.18. The molecule has 0 radical (unpaired) electrons. The van der Waals surface area contributed by atoms with E-state index in [9.17, 15) is 4.79 Å². The van der Waals surface area contributed by atoms with Gasteiger partial charge in [0, 0.05) is 12.7 Å². The maximum absolute atomic E-state index is 10.9. The van der Waals surface area contributed by atoms with Gasteiger partial charge in [0.2, 0.25) is 5.23 Å². The van der Waals surface area contributed by atoms with Crippen molar-refractivity contribution in [2.24, 2.45) is 22.7 Å². The molecule has 1 aliphatic heterocycles. The molecular formula is C16H23NO3S. The third kappa shape index (κ3) is 2.81. The first-order chi connectivity index (χ1) is 10.1. The van der Waals surface area contributed by atoms with E-state index in [1.54, 1.807) is 11.8 Å². The van der Waals surface area contributed by atoms with Gasteiger partial charge in [0.25, 0.3) is 0 Å². The Labute approximate surface area is 130 Å². The summed E-state index contributed by atoms with van der Waals surface area (Å²) in [6.07, 6.45) is 8.09. The Balaban J connectivity index is 1.42. The topological polar surface area (TPSA) is 47.9 Å². The third-order valence-electron chi connectivity index (χ3n) is 5.47. The quantitative estimate of drug-likeness (QED) is 0.752. The summed E-state index contributed by atoms with van der Waals surface area (Å²) in [5, 5.41) is 0.842. The minimum Gasteiger partial charge on any atom is -0.465 e. The molecule has 5 heteroatoms. The van der Waals surface area contributed by atoms with Crippen molar-refractivity contribution in [2.75, 3.05) is 12.4 Å². The number of carbonyl (C=O) groups excluding carboxylic acids is 1. The van der Waals surface area contributed by atoms with Gasteiger partial charge in [-0.05, 0) is 56.3 Å². The maximum atomic E-state index is 10.9. The second-order valence-corrected chi connectivity index (χ2v) is 8.34. The summed E-state index contributed by atoms with van der Waals surface area (Å²) in [5.74, 6) is 3.32. The van der Waals surface area contributed by atoms with Crippen LogP contribution in [0.5, 0.6) is 0 Å². The number of nitrogens with zero attached hydrogens (tertiary/aromatic N) is 1. The lowest BCUT2D eigenvalue weighted by Crippen LogP contribution is -2.49. The molecule has 5 fully saturated rings. The number of ether oxygens (including phenoxy) is 2. The predicted molar refractivity (Wildman–Crippen MR) is 82.3 cm³/mol. The zero-order chi connectivity index (χ0) is 14.4. The zero-order valence-electron chi connectivity index (χ0n) is 12.5. The van der Waals surface area contributed by atoms with Crippen molar-refractivity contribution < 1.29 is 14.3 Å². The van der Waals surface area contributed by atoms with E-state index < -0.39 is 0 Å². The molecular weight excluding hydrogens is 286 g/mol. The van der Waals surface area contributed by atoms with Gasteiger partial charge >= 0.3 is 5.97 Å². The van der Waals surface area contributed by atoms with Gasteiger partial charge in [0.05, 0.1) is 5.54 Å². The number of rotatable bonds is 3. The van der Waals surface area contributed by atoms with Crippen LogP contribution in [0.15, 0.2) is 4.99 Å². The first kappa shape index (κ1) is 13.9. The van der Waals surface area contributed by atoms with Gasteiger partial charge < -0.3 is 9.47 Å². The Morgan fingerprint density at radius 1 is 1.29 bits per heavy atom. The normalized spacial score (nSPS) is 45.9. The van der Waals surface area contributed by atoms with E-state index in [0.717, 1.165) is 28.7 Å². The fourth-order valence-corrected chi connectivity index (χ4v) is 6.08. The molecule has 21 heavy (non-hydrogen) atoms. The molecule has 5 rings (SSSR count). The number of thioether (sulfide) groups is 1. The van der Waals surface area contributed by atoms with Crippen LogP contribution < -0.4 is 0 Å². The summed E-state index contributed by atoms with van der Waals surface area (Å²) in [6.45, 7) is 1.79. The summed E-state index contributed by atoms with van der Waals surface area (Å²) < 4.78 is 10.9. The summed E-state index contributed by atoms with van der Waals surface area (Å²) in [5.41, 5.74) is 0.174. The molecule has 0 amide bonds. The lowest BCUT2D eigenvalue weighted by Gasteiger charge is -2.54. The van der Waals surface area contributed by atoms with E-state index in [0.29, 0.717) is 6.61 Å². The molecule has 0 unspecified atom stereocenters. The Kier molecular flexibility index (Phi) is 3.43. The third-order valence-corrected chi connectivity index (χ3v) is 6.44. The number of esters is 1. The molecule has 1 saturated heterocycles. The fourth-order valence-electron chi connectivity index (χ4n) is 5.12.